The van der Waals surface area contributed by atoms with Crippen molar-refractivity contribution in [3.05, 3.63) is 12.2 Å². The van der Waals surface area contributed by atoms with E-state index in [-0.39, 0.29) is 0 Å². The third kappa shape index (κ3) is 5.62. The maximum Gasteiger partial charge on any atom is 0.434 e. The molecule has 0 aliphatic carbocycles. The molecule has 0 spiro atoms. The number of alkyl halides is 6. The van der Waals surface area contributed by atoms with Gasteiger partial charge in [0.1, 0.15) is 0 Å². The smallest absolute Gasteiger partial charge is 0.434 e. The molecule has 0 aromatic heterocycles. The van der Waals surface area contributed by atoms with Gasteiger partial charge in [0, 0.05) is 5.57 Å². The topological polar surface area (TPSA) is 52.6 Å². The lowest BCUT2D eigenvalue weighted by atomic mass is 10.2. The number of ether oxygens (including phenoxy) is 2. The van der Waals surface area contributed by atoms with Crippen molar-refractivity contribution in [1.29, 1.82) is 0 Å². The predicted octanol–water partition coefficient (Wildman–Crippen LogP) is 2.14. The number of hydrogen-bond donors (Lipinski definition) is 0. The second-order valence-electron chi connectivity index (χ2n) is 3.23. The van der Waals surface area contributed by atoms with Gasteiger partial charge in [-0.05, 0) is 0 Å². The van der Waals surface area contributed by atoms with Gasteiger partial charge in [-0.1, -0.05) is 6.58 Å². The zero-order chi connectivity index (χ0) is 15.4. The van der Waals surface area contributed by atoms with Crippen LogP contribution in [0.4, 0.5) is 26.3 Å². The summed E-state index contributed by atoms with van der Waals surface area (Å²) in [7, 11) is 0.896. The number of halogens is 6. The first-order valence-corrected chi connectivity index (χ1v) is 4.48. The minimum atomic E-state index is -5.81. The van der Waals surface area contributed by atoms with Crippen LogP contribution in [0.2, 0.25) is 0 Å². The maximum atomic E-state index is 12.0. The highest BCUT2D eigenvalue weighted by molar-refractivity contribution is 5.93. The first-order chi connectivity index (χ1) is 8.39. The van der Waals surface area contributed by atoms with Crippen LogP contribution in [0, 0.1) is 0 Å². The molecular weight excluding hydrogens is 286 g/mol. The Morgan fingerprint density at radius 1 is 1.11 bits per heavy atom. The molecule has 0 amide bonds. The monoisotopic (exact) mass is 294 g/mol. The Morgan fingerprint density at radius 2 is 1.53 bits per heavy atom. The lowest BCUT2D eigenvalue weighted by Gasteiger charge is -2.22. The van der Waals surface area contributed by atoms with Crippen LogP contribution in [0.15, 0.2) is 12.2 Å². The molecule has 0 fully saturated rings. The fourth-order valence-corrected chi connectivity index (χ4v) is 0.883. The van der Waals surface area contributed by atoms with Crippen molar-refractivity contribution in [2.75, 3.05) is 7.11 Å². The van der Waals surface area contributed by atoms with Crippen LogP contribution in [-0.2, 0) is 19.1 Å². The van der Waals surface area contributed by atoms with Gasteiger partial charge in [-0.2, -0.15) is 26.3 Å². The van der Waals surface area contributed by atoms with Crippen LogP contribution in [-0.4, -0.2) is 37.5 Å². The molecule has 0 aliphatic heterocycles. The lowest BCUT2D eigenvalue weighted by Crippen LogP contribution is -2.45. The van der Waals surface area contributed by atoms with E-state index in [2.05, 4.69) is 16.1 Å². The summed E-state index contributed by atoms with van der Waals surface area (Å²) < 4.78 is 79.5. The van der Waals surface area contributed by atoms with Gasteiger partial charge in [0.2, 0.25) is 0 Å². The molecule has 19 heavy (non-hydrogen) atoms. The van der Waals surface area contributed by atoms with Crippen molar-refractivity contribution in [2.45, 2.75) is 24.9 Å². The first-order valence-electron chi connectivity index (χ1n) is 4.48. The number of rotatable bonds is 4. The average molecular weight is 294 g/mol. The summed E-state index contributed by atoms with van der Waals surface area (Å²) in [6.07, 6.45) is -17.0. The van der Waals surface area contributed by atoms with Gasteiger partial charge in [-0.15, -0.1) is 0 Å². The zero-order valence-corrected chi connectivity index (χ0v) is 9.39. The number of carbonyl (C=O) groups is 2. The predicted molar refractivity (Wildman–Crippen MR) is 47.8 cm³/mol. The van der Waals surface area contributed by atoms with Gasteiger partial charge in [0.15, 0.2) is 0 Å². The SMILES string of the molecule is C=C(CC(=O)OC(C(F)(F)F)C(F)(F)F)C(=O)OC. The van der Waals surface area contributed by atoms with E-state index >= 15 is 0 Å². The van der Waals surface area contributed by atoms with Gasteiger partial charge in [0.25, 0.3) is 6.10 Å². The molecule has 0 saturated heterocycles. The van der Waals surface area contributed by atoms with Crippen LogP contribution in [0.3, 0.4) is 0 Å². The fraction of sp³-hybridized carbons (Fsp3) is 0.556. The molecule has 0 aromatic carbocycles. The van der Waals surface area contributed by atoms with E-state index in [1.807, 2.05) is 0 Å². The van der Waals surface area contributed by atoms with E-state index in [0.29, 0.717) is 0 Å². The number of esters is 2. The largest absolute Gasteiger partial charge is 0.466 e. The van der Waals surface area contributed by atoms with Gasteiger partial charge >= 0.3 is 24.3 Å². The molecule has 10 heteroatoms. The van der Waals surface area contributed by atoms with Crippen LogP contribution >= 0.6 is 0 Å². The van der Waals surface area contributed by atoms with Crippen LogP contribution in [0.1, 0.15) is 6.42 Å². The van der Waals surface area contributed by atoms with E-state index < -0.39 is 42.4 Å². The van der Waals surface area contributed by atoms with Crippen molar-refractivity contribution in [1.82, 2.24) is 0 Å². The summed E-state index contributed by atoms with van der Waals surface area (Å²) in [6, 6.07) is 0. The molecule has 0 rings (SSSR count). The maximum absolute atomic E-state index is 12.0. The number of hydrogen-bond acceptors (Lipinski definition) is 4. The molecular formula is C9H8F6O4. The summed E-state index contributed by atoms with van der Waals surface area (Å²) in [5.74, 6) is -3.04. The Labute approximate surface area is 103 Å². The van der Waals surface area contributed by atoms with Crippen molar-refractivity contribution in [2.24, 2.45) is 0 Å². The molecule has 0 N–H and O–H groups in total. The molecule has 0 bridgehead atoms. The van der Waals surface area contributed by atoms with Gasteiger partial charge in [-0.25, -0.2) is 4.79 Å². The Balaban J connectivity index is 4.77. The van der Waals surface area contributed by atoms with Crippen molar-refractivity contribution >= 4 is 11.9 Å². The van der Waals surface area contributed by atoms with Crippen LogP contribution < -0.4 is 0 Å². The van der Waals surface area contributed by atoms with Gasteiger partial charge in [-0.3, -0.25) is 4.79 Å². The third-order valence-electron chi connectivity index (χ3n) is 1.68. The van der Waals surface area contributed by atoms with E-state index in [1.54, 1.807) is 0 Å². The minimum Gasteiger partial charge on any atom is -0.466 e. The zero-order valence-electron chi connectivity index (χ0n) is 9.39. The summed E-state index contributed by atoms with van der Waals surface area (Å²) >= 11 is 0. The Morgan fingerprint density at radius 3 is 1.84 bits per heavy atom. The highest BCUT2D eigenvalue weighted by Gasteiger charge is 2.59. The minimum absolute atomic E-state index is 0.629. The van der Waals surface area contributed by atoms with E-state index in [0.717, 1.165) is 7.11 Å². The van der Waals surface area contributed by atoms with Crippen molar-refractivity contribution in [3.63, 3.8) is 0 Å². The molecule has 110 valence electrons. The molecule has 0 aromatic rings. The highest BCUT2D eigenvalue weighted by Crippen LogP contribution is 2.35. The molecule has 4 nitrogen and oxygen atoms in total. The van der Waals surface area contributed by atoms with Crippen LogP contribution in [0.25, 0.3) is 0 Å². The molecule has 0 saturated carbocycles. The Hall–Kier alpha value is -1.74. The van der Waals surface area contributed by atoms with Crippen molar-refractivity contribution < 1.29 is 45.4 Å². The molecule has 0 unspecified atom stereocenters. The van der Waals surface area contributed by atoms with Gasteiger partial charge < -0.3 is 9.47 Å². The second-order valence-corrected chi connectivity index (χ2v) is 3.23. The lowest BCUT2D eigenvalue weighted by molar-refractivity contribution is -0.313. The molecule has 0 radical (unpaired) electrons. The van der Waals surface area contributed by atoms with Gasteiger partial charge in [0.05, 0.1) is 13.5 Å². The standard InChI is InChI=1S/C9H8F6O4/c1-4(6(17)18-2)3-5(16)19-7(8(10,11)12)9(13,14)15/h7H,1,3H2,2H3. The number of methoxy groups -OCH3 is 1. The molecule has 0 aliphatic rings. The molecule has 0 atom stereocenters. The fourth-order valence-electron chi connectivity index (χ4n) is 0.883. The normalized spacial score (nSPS) is 12.2. The summed E-state index contributed by atoms with van der Waals surface area (Å²) in [5, 5.41) is 0. The molecule has 0 heterocycles. The third-order valence-corrected chi connectivity index (χ3v) is 1.68. The van der Waals surface area contributed by atoms with E-state index in [1.165, 1.54) is 0 Å². The summed E-state index contributed by atoms with van der Waals surface area (Å²) in [4.78, 5) is 21.6. The summed E-state index contributed by atoms with van der Waals surface area (Å²) in [6.45, 7) is 2.96. The summed E-state index contributed by atoms with van der Waals surface area (Å²) in [5.41, 5.74) is -0.629. The number of carbonyl (C=O) groups excluding carboxylic acids is 2. The quantitative estimate of drug-likeness (QED) is 0.453. The van der Waals surface area contributed by atoms with Crippen LogP contribution in [0.5, 0.6) is 0 Å². The Kier molecular flexibility index (Phi) is 5.39. The Bertz CT molecular complexity index is 356. The first kappa shape index (κ1) is 17.3. The average Bonchev–Trinajstić information content (AvgIpc) is 2.21. The van der Waals surface area contributed by atoms with E-state index in [4.69, 9.17) is 0 Å². The second kappa shape index (κ2) is 5.93. The van der Waals surface area contributed by atoms with E-state index in [9.17, 15) is 35.9 Å². The van der Waals surface area contributed by atoms with Crippen molar-refractivity contribution in [3.8, 4) is 0 Å². The highest BCUT2D eigenvalue weighted by atomic mass is 19.4.